The van der Waals surface area contributed by atoms with E-state index in [4.69, 9.17) is 69.6 Å². The standard InChI is InChI=1S/C9H9Cl6N3O2/c1-4(7(19)20-2)5-3-6(8(10,11)12)17-18(16-5)9(13,14)15/h3-4,16H,1-2H3. The molecule has 1 aliphatic heterocycles. The quantitative estimate of drug-likeness (QED) is 0.435. The fourth-order valence-corrected chi connectivity index (χ4v) is 1.76. The lowest BCUT2D eigenvalue weighted by atomic mass is 10.1. The first-order valence-corrected chi connectivity index (χ1v) is 7.32. The summed E-state index contributed by atoms with van der Waals surface area (Å²) < 4.78 is 0.833. The molecule has 0 amide bonds. The highest BCUT2D eigenvalue weighted by molar-refractivity contribution is 6.77. The third-order valence-corrected chi connectivity index (χ3v) is 3.35. The predicted molar refractivity (Wildman–Crippen MR) is 82.3 cm³/mol. The van der Waals surface area contributed by atoms with Crippen molar-refractivity contribution in [2.24, 2.45) is 11.0 Å². The summed E-state index contributed by atoms with van der Waals surface area (Å²) in [7, 11) is 1.25. The van der Waals surface area contributed by atoms with E-state index in [-0.39, 0.29) is 5.71 Å². The van der Waals surface area contributed by atoms with Crippen molar-refractivity contribution in [2.45, 2.75) is 14.6 Å². The van der Waals surface area contributed by atoms with Crippen LogP contribution in [0.25, 0.3) is 0 Å². The summed E-state index contributed by atoms with van der Waals surface area (Å²) in [4.78, 5) is 11.6. The normalized spacial score (nSPS) is 17.9. The van der Waals surface area contributed by atoms with E-state index in [2.05, 4.69) is 15.3 Å². The summed E-state index contributed by atoms with van der Waals surface area (Å²) in [6.45, 7) is 1.57. The third-order valence-electron chi connectivity index (χ3n) is 2.29. The molecule has 0 aromatic heterocycles. The smallest absolute Gasteiger partial charge is 0.314 e. The van der Waals surface area contributed by atoms with E-state index in [1.807, 2.05) is 0 Å². The lowest BCUT2D eigenvalue weighted by molar-refractivity contribution is -0.143. The monoisotopic (exact) mass is 401 g/mol. The Morgan fingerprint density at radius 1 is 1.35 bits per heavy atom. The average Bonchev–Trinajstić information content (AvgIpc) is 2.34. The van der Waals surface area contributed by atoms with Gasteiger partial charge in [0.25, 0.3) is 0 Å². The van der Waals surface area contributed by atoms with Gasteiger partial charge in [-0.3, -0.25) is 10.2 Å². The number of halogens is 6. The van der Waals surface area contributed by atoms with Crippen molar-refractivity contribution in [1.82, 2.24) is 10.5 Å². The van der Waals surface area contributed by atoms with Crippen molar-refractivity contribution in [3.63, 3.8) is 0 Å². The van der Waals surface area contributed by atoms with Crippen molar-refractivity contribution in [3.8, 4) is 0 Å². The van der Waals surface area contributed by atoms with Crippen LogP contribution in [0.1, 0.15) is 6.92 Å². The Morgan fingerprint density at radius 2 is 1.90 bits per heavy atom. The first-order valence-electron chi connectivity index (χ1n) is 5.05. The number of alkyl halides is 6. The number of esters is 1. The second-order valence-electron chi connectivity index (χ2n) is 3.72. The lowest BCUT2D eigenvalue weighted by Gasteiger charge is -2.34. The topological polar surface area (TPSA) is 53.9 Å². The van der Waals surface area contributed by atoms with Gasteiger partial charge in [-0.05, 0) is 13.0 Å². The molecule has 1 heterocycles. The van der Waals surface area contributed by atoms with E-state index in [1.165, 1.54) is 13.2 Å². The van der Waals surface area contributed by atoms with Crippen molar-refractivity contribution in [1.29, 1.82) is 0 Å². The summed E-state index contributed by atoms with van der Waals surface area (Å²) in [5.41, 5.74) is 2.93. The lowest BCUT2D eigenvalue weighted by Crippen LogP contribution is -2.48. The molecule has 0 aromatic rings. The second-order valence-corrected chi connectivity index (χ2v) is 8.22. The molecule has 1 aliphatic rings. The number of nitrogens with zero attached hydrogens (tertiary/aromatic N) is 2. The van der Waals surface area contributed by atoms with E-state index in [9.17, 15) is 4.79 Å². The van der Waals surface area contributed by atoms with Crippen LogP contribution in [-0.4, -0.2) is 31.6 Å². The fraction of sp³-hybridized carbons (Fsp3) is 0.556. The number of hydrazine groups is 1. The molecule has 0 radical (unpaired) electrons. The van der Waals surface area contributed by atoms with E-state index >= 15 is 0 Å². The Labute approximate surface area is 145 Å². The number of methoxy groups -OCH3 is 1. The number of hydrazone groups is 1. The Balaban J connectivity index is 3.17. The van der Waals surface area contributed by atoms with E-state index in [1.54, 1.807) is 6.92 Å². The maximum Gasteiger partial charge on any atom is 0.314 e. The maximum absolute atomic E-state index is 11.6. The zero-order valence-corrected chi connectivity index (χ0v) is 14.7. The van der Waals surface area contributed by atoms with E-state index in [0.29, 0.717) is 5.70 Å². The fourth-order valence-electron chi connectivity index (χ4n) is 1.25. The molecule has 0 saturated carbocycles. The highest BCUT2D eigenvalue weighted by Gasteiger charge is 2.38. The largest absolute Gasteiger partial charge is 0.469 e. The molecule has 1 N–H and O–H groups in total. The number of ether oxygens (including phenoxy) is 1. The van der Waals surface area contributed by atoms with Crippen LogP contribution in [0.2, 0.25) is 0 Å². The van der Waals surface area contributed by atoms with Crippen LogP contribution in [0.3, 0.4) is 0 Å². The number of hydrogen-bond acceptors (Lipinski definition) is 5. The molecule has 114 valence electrons. The third kappa shape index (κ3) is 4.61. The van der Waals surface area contributed by atoms with Gasteiger partial charge in [-0.1, -0.05) is 69.6 Å². The van der Waals surface area contributed by atoms with Crippen LogP contribution in [-0.2, 0) is 9.53 Å². The van der Waals surface area contributed by atoms with Crippen LogP contribution in [0, 0.1) is 5.92 Å². The number of carbonyl (C=O) groups excluding carboxylic acids is 1. The van der Waals surface area contributed by atoms with Gasteiger partial charge >= 0.3 is 9.89 Å². The molecule has 0 fully saturated rings. The van der Waals surface area contributed by atoms with Gasteiger partial charge < -0.3 is 4.74 Å². The van der Waals surface area contributed by atoms with Crippen LogP contribution < -0.4 is 5.43 Å². The SMILES string of the molecule is COC(=O)C(C)C1=CC(C(Cl)(Cl)Cl)=NN(C(Cl)(Cl)Cl)N1. The molecular formula is C9H9Cl6N3O2. The number of allylic oxidation sites excluding steroid dienone is 1. The number of nitrogens with one attached hydrogen (secondary N) is 1. The number of carbonyl (C=O) groups is 1. The molecule has 0 bridgehead atoms. The van der Waals surface area contributed by atoms with Crippen molar-refractivity contribution in [3.05, 3.63) is 11.8 Å². The first kappa shape index (κ1) is 18.3. The minimum Gasteiger partial charge on any atom is -0.469 e. The molecule has 5 nitrogen and oxygen atoms in total. The predicted octanol–water partition coefficient (Wildman–Crippen LogP) is 3.55. The molecular weight excluding hydrogens is 395 g/mol. The summed E-state index contributed by atoms with van der Waals surface area (Å²) in [6.07, 6.45) is 1.38. The Hall–Kier alpha value is 0.220. The Kier molecular flexibility index (Phi) is 5.98. The summed E-state index contributed by atoms with van der Waals surface area (Å²) >= 11 is 34.5. The van der Waals surface area contributed by atoms with Crippen LogP contribution in [0.4, 0.5) is 0 Å². The van der Waals surface area contributed by atoms with Gasteiger partial charge in [0.2, 0.25) is 3.79 Å². The minimum absolute atomic E-state index is 0.0154. The van der Waals surface area contributed by atoms with Gasteiger partial charge in [0.05, 0.1) is 13.0 Å². The van der Waals surface area contributed by atoms with Gasteiger partial charge in [0.15, 0.2) is 0 Å². The van der Waals surface area contributed by atoms with Gasteiger partial charge in [0.1, 0.15) is 5.71 Å². The van der Waals surface area contributed by atoms with Crippen molar-refractivity contribution >= 4 is 81.3 Å². The highest BCUT2D eigenvalue weighted by Crippen LogP contribution is 2.36. The highest BCUT2D eigenvalue weighted by atomic mass is 35.6. The number of hydrogen-bond donors (Lipinski definition) is 1. The van der Waals surface area contributed by atoms with Crippen LogP contribution in [0.15, 0.2) is 16.9 Å². The second kappa shape index (κ2) is 6.55. The van der Waals surface area contributed by atoms with Crippen molar-refractivity contribution in [2.75, 3.05) is 7.11 Å². The zero-order valence-electron chi connectivity index (χ0n) is 10.1. The molecule has 11 heteroatoms. The number of rotatable bonds is 2. The molecule has 1 atom stereocenters. The van der Waals surface area contributed by atoms with Crippen LogP contribution in [0.5, 0.6) is 0 Å². The maximum atomic E-state index is 11.6. The first-order chi connectivity index (χ1) is 8.96. The van der Waals surface area contributed by atoms with Crippen molar-refractivity contribution < 1.29 is 9.53 Å². The molecule has 20 heavy (non-hydrogen) atoms. The van der Waals surface area contributed by atoms with Gasteiger partial charge in [0, 0.05) is 5.70 Å². The van der Waals surface area contributed by atoms with E-state index < -0.39 is 19.6 Å². The van der Waals surface area contributed by atoms with Crippen LogP contribution >= 0.6 is 69.6 Å². The molecule has 1 unspecified atom stereocenters. The Bertz CT molecular complexity index is 454. The molecule has 1 rings (SSSR count). The summed E-state index contributed by atoms with van der Waals surface area (Å²) in [6, 6.07) is 0. The van der Waals surface area contributed by atoms with Gasteiger partial charge in [-0.15, -0.1) is 0 Å². The molecule has 0 aliphatic carbocycles. The summed E-state index contributed by atoms with van der Waals surface area (Å²) in [5, 5.41) is 4.71. The average molecular weight is 404 g/mol. The zero-order chi connectivity index (χ0) is 15.7. The Morgan fingerprint density at radius 3 is 2.30 bits per heavy atom. The van der Waals surface area contributed by atoms with E-state index in [0.717, 1.165) is 5.12 Å². The summed E-state index contributed by atoms with van der Waals surface area (Å²) in [5.74, 6) is -1.22. The minimum atomic E-state index is -1.95. The van der Waals surface area contributed by atoms with Gasteiger partial charge in [-0.2, -0.15) is 10.2 Å². The molecule has 0 aromatic carbocycles. The van der Waals surface area contributed by atoms with Gasteiger partial charge in [-0.25, -0.2) is 0 Å². The molecule has 0 spiro atoms. The molecule has 0 saturated heterocycles.